The predicted molar refractivity (Wildman–Crippen MR) is 79.2 cm³/mol. The van der Waals surface area contributed by atoms with Crippen LogP contribution >= 0.6 is 31.9 Å². The smallest absolute Gasteiger partial charge is 0.254 e. The fraction of sp³-hybridized carbons (Fsp3) is 0.462. The van der Waals surface area contributed by atoms with Crippen molar-refractivity contribution >= 4 is 37.8 Å². The monoisotopic (exact) mass is 391 g/mol. The molecule has 4 nitrogen and oxygen atoms in total. The first-order valence-corrected chi connectivity index (χ1v) is 7.60. The van der Waals surface area contributed by atoms with Crippen molar-refractivity contribution < 1.29 is 14.6 Å². The number of amides is 1. The van der Waals surface area contributed by atoms with Gasteiger partial charge < -0.3 is 14.7 Å². The van der Waals surface area contributed by atoms with Gasteiger partial charge in [0, 0.05) is 27.6 Å². The van der Waals surface area contributed by atoms with E-state index in [1.165, 1.54) is 0 Å². The zero-order valence-electron chi connectivity index (χ0n) is 10.5. The van der Waals surface area contributed by atoms with Gasteiger partial charge in [0.25, 0.3) is 5.91 Å². The molecule has 0 bridgehead atoms. The van der Waals surface area contributed by atoms with Crippen LogP contribution in [0.25, 0.3) is 0 Å². The molecular weight excluding hydrogens is 378 g/mol. The Labute approximate surface area is 129 Å². The number of hydrogen-bond donors (Lipinski definition) is 1. The van der Waals surface area contributed by atoms with Gasteiger partial charge in [0.2, 0.25) is 0 Å². The molecule has 2 atom stereocenters. The number of carbonyl (C=O) groups excluding carboxylic acids is 1. The normalized spacial score (nSPS) is 23.5. The fourth-order valence-corrected chi connectivity index (χ4v) is 3.47. The molecule has 0 aliphatic carbocycles. The Morgan fingerprint density at radius 2 is 2.00 bits per heavy atom. The molecular formula is C13H15Br2NO3. The van der Waals surface area contributed by atoms with E-state index >= 15 is 0 Å². The van der Waals surface area contributed by atoms with Crippen LogP contribution in [0.2, 0.25) is 0 Å². The Morgan fingerprint density at radius 3 is 2.58 bits per heavy atom. The van der Waals surface area contributed by atoms with Crippen molar-refractivity contribution in [2.75, 3.05) is 19.7 Å². The van der Waals surface area contributed by atoms with Crippen LogP contribution in [0.5, 0.6) is 0 Å². The van der Waals surface area contributed by atoms with Gasteiger partial charge >= 0.3 is 0 Å². The average Bonchev–Trinajstić information content (AvgIpc) is 2.35. The number of aliphatic hydroxyl groups excluding tert-OH is 1. The standard InChI is InChI=1S/C13H15Br2NO3/c1-8-5-16(6-12(7-17)19-8)13(18)9-2-10(14)4-11(15)3-9/h2-4,8,12,17H,5-7H2,1H3. The van der Waals surface area contributed by atoms with E-state index in [-0.39, 0.29) is 24.7 Å². The van der Waals surface area contributed by atoms with Crippen molar-refractivity contribution in [1.82, 2.24) is 4.90 Å². The minimum absolute atomic E-state index is 0.0457. The summed E-state index contributed by atoms with van der Waals surface area (Å²) in [5.41, 5.74) is 0.618. The number of nitrogens with zero attached hydrogens (tertiary/aromatic N) is 1. The van der Waals surface area contributed by atoms with Crippen LogP contribution in [0.4, 0.5) is 0 Å². The molecule has 2 unspecified atom stereocenters. The topological polar surface area (TPSA) is 49.8 Å². The van der Waals surface area contributed by atoms with E-state index in [1.54, 1.807) is 17.0 Å². The van der Waals surface area contributed by atoms with Crippen LogP contribution in [0.1, 0.15) is 17.3 Å². The first kappa shape index (κ1) is 15.0. The zero-order chi connectivity index (χ0) is 14.0. The van der Waals surface area contributed by atoms with E-state index in [2.05, 4.69) is 31.9 Å². The molecule has 1 heterocycles. The molecule has 1 aliphatic heterocycles. The lowest BCUT2D eigenvalue weighted by Crippen LogP contribution is -2.50. The van der Waals surface area contributed by atoms with Gasteiger partial charge in [-0.25, -0.2) is 0 Å². The second kappa shape index (κ2) is 6.35. The number of ether oxygens (including phenoxy) is 1. The van der Waals surface area contributed by atoms with E-state index in [9.17, 15) is 9.90 Å². The largest absolute Gasteiger partial charge is 0.394 e. The van der Waals surface area contributed by atoms with Crippen LogP contribution < -0.4 is 0 Å². The summed E-state index contributed by atoms with van der Waals surface area (Å²) in [5, 5.41) is 9.19. The number of aliphatic hydroxyl groups is 1. The highest BCUT2D eigenvalue weighted by molar-refractivity contribution is 9.11. The second-order valence-electron chi connectivity index (χ2n) is 4.62. The SMILES string of the molecule is CC1CN(C(=O)c2cc(Br)cc(Br)c2)CC(CO)O1. The van der Waals surface area contributed by atoms with Gasteiger partial charge in [0.05, 0.1) is 18.8 Å². The van der Waals surface area contributed by atoms with E-state index in [1.807, 2.05) is 13.0 Å². The summed E-state index contributed by atoms with van der Waals surface area (Å²) in [6, 6.07) is 5.47. The maximum atomic E-state index is 12.5. The summed E-state index contributed by atoms with van der Waals surface area (Å²) in [4.78, 5) is 14.2. The third-order valence-corrected chi connectivity index (χ3v) is 3.84. The molecule has 0 saturated carbocycles. The Kier molecular flexibility index (Phi) is 5.00. The van der Waals surface area contributed by atoms with Gasteiger partial charge in [0.1, 0.15) is 0 Å². The molecule has 0 aromatic heterocycles. The second-order valence-corrected chi connectivity index (χ2v) is 6.45. The minimum Gasteiger partial charge on any atom is -0.394 e. The van der Waals surface area contributed by atoms with Crippen molar-refractivity contribution in [1.29, 1.82) is 0 Å². The van der Waals surface area contributed by atoms with Gasteiger partial charge in [-0.3, -0.25) is 4.79 Å². The van der Waals surface area contributed by atoms with Crippen LogP contribution in [-0.2, 0) is 4.74 Å². The fourth-order valence-electron chi connectivity index (χ4n) is 2.17. The number of benzene rings is 1. The predicted octanol–water partition coefficient (Wildman–Crippen LogP) is 2.43. The third kappa shape index (κ3) is 3.78. The summed E-state index contributed by atoms with van der Waals surface area (Å²) in [6.45, 7) is 2.79. The number of halogens is 2. The lowest BCUT2D eigenvalue weighted by molar-refractivity contribution is -0.0858. The Balaban J connectivity index is 2.18. The van der Waals surface area contributed by atoms with Crippen molar-refractivity contribution in [3.63, 3.8) is 0 Å². The van der Waals surface area contributed by atoms with Gasteiger partial charge in [-0.1, -0.05) is 31.9 Å². The molecule has 6 heteroatoms. The maximum absolute atomic E-state index is 12.5. The molecule has 1 saturated heterocycles. The highest BCUT2D eigenvalue weighted by Gasteiger charge is 2.28. The van der Waals surface area contributed by atoms with E-state index < -0.39 is 0 Å². The first-order valence-electron chi connectivity index (χ1n) is 6.01. The van der Waals surface area contributed by atoms with Crippen LogP contribution in [0, 0.1) is 0 Å². The van der Waals surface area contributed by atoms with Gasteiger partial charge in [0.15, 0.2) is 0 Å². The zero-order valence-corrected chi connectivity index (χ0v) is 13.6. The number of rotatable bonds is 2. The maximum Gasteiger partial charge on any atom is 0.254 e. The van der Waals surface area contributed by atoms with E-state index in [4.69, 9.17) is 4.74 Å². The summed E-state index contributed by atoms with van der Waals surface area (Å²) in [6.07, 6.45) is -0.367. The number of carbonyl (C=O) groups is 1. The summed E-state index contributed by atoms with van der Waals surface area (Å²) < 4.78 is 7.24. The van der Waals surface area contributed by atoms with Crippen molar-refractivity contribution in [3.8, 4) is 0 Å². The van der Waals surface area contributed by atoms with Gasteiger partial charge in [-0.05, 0) is 25.1 Å². The summed E-state index contributed by atoms with van der Waals surface area (Å²) >= 11 is 6.75. The third-order valence-electron chi connectivity index (χ3n) is 2.93. The molecule has 1 fully saturated rings. The average molecular weight is 393 g/mol. The lowest BCUT2D eigenvalue weighted by Gasteiger charge is -2.36. The van der Waals surface area contributed by atoms with Crippen molar-refractivity contribution in [2.24, 2.45) is 0 Å². The molecule has 1 aliphatic rings. The van der Waals surface area contributed by atoms with Gasteiger partial charge in [-0.15, -0.1) is 0 Å². The van der Waals surface area contributed by atoms with Crippen LogP contribution in [0.15, 0.2) is 27.1 Å². The molecule has 19 heavy (non-hydrogen) atoms. The number of morpholine rings is 1. The molecule has 0 radical (unpaired) electrons. The quantitative estimate of drug-likeness (QED) is 0.840. The summed E-state index contributed by atoms with van der Waals surface area (Å²) in [7, 11) is 0. The van der Waals surface area contributed by atoms with Gasteiger partial charge in [-0.2, -0.15) is 0 Å². The molecule has 1 aromatic rings. The highest BCUT2D eigenvalue weighted by Crippen LogP contribution is 2.22. The van der Waals surface area contributed by atoms with Crippen LogP contribution in [-0.4, -0.2) is 47.8 Å². The molecule has 0 spiro atoms. The first-order chi connectivity index (χ1) is 8.99. The Morgan fingerprint density at radius 1 is 1.37 bits per heavy atom. The molecule has 2 rings (SSSR count). The molecule has 104 valence electrons. The lowest BCUT2D eigenvalue weighted by atomic mass is 10.1. The minimum atomic E-state index is -0.303. The Bertz CT molecular complexity index is 461. The molecule has 1 amide bonds. The molecule has 1 N–H and O–H groups in total. The number of hydrogen-bond acceptors (Lipinski definition) is 3. The highest BCUT2D eigenvalue weighted by atomic mass is 79.9. The van der Waals surface area contributed by atoms with Crippen molar-refractivity contribution in [3.05, 3.63) is 32.7 Å². The molecule has 1 aromatic carbocycles. The summed E-state index contributed by atoms with van der Waals surface area (Å²) in [5.74, 6) is -0.0457. The van der Waals surface area contributed by atoms with Crippen LogP contribution in [0.3, 0.4) is 0 Å². The van der Waals surface area contributed by atoms with E-state index in [0.29, 0.717) is 18.7 Å². The van der Waals surface area contributed by atoms with Crippen molar-refractivity contribution in [2.45, 2.75) is 19.1 Å². The van der Waals surface area contributed by atoms with E-state index in [0.717, 1.165) is 8.95 Å². The Hall–Kier alpha value is -0.430.